The zero-order valence-corrected chi connectivity index (χ0v) is 17.7. The molecule has 0 amide bonds. The van der Waals surface area contributed by atoms with Crippen molar-refractivity contribution in [3.05, 3.63) is 107 Å². The summed E-state index contributed by atoms with van der Waals surface area (Å²) in [4.78, 5) is 12.8. The molecule has 0 radical (unpaired) electrons. The number of benzene rings is 2. The number of hydrogen-bond donors (Lipinski definition) is 2. The number of aryl methyl sites for hydroxylation is 1. The van der Waals surface area contributed by atoms with Crippen molar-refractivity contribution < 1.29 is 9.13 Å². The maximum atomic E-state index is 15.1. The summed E-state index contributed by atoms with van der Waals surface area (Å²) in [6, 6.07) is 15.3. The predicted octanol–water partition coefficient (Wildman–Crippen LogP) is 3.85. The largest absolute Gasteiger partial charge is 0.493 e. The van der Waals surface area contributed by atoms with Crippen LogP contribution < -0.4 is 15.8 Å². The van der Waals surface area contributed by atoms with Crippen molar-refractivity contribution in [2.24, 2.45) is 5.73 Å². The molecule has 0 bridgehead atoms. The highest BCUT2D eigenvalue weighted by Gasteiger charge is 2.46. The molecule has 4 aromatic rings. The Morgan fingerprint density at radius 2 is 1.84 bits per heavy atom. The SMILES string of the molecule is COc1c(C)cc(C2(c3cccc(-c4cncnc4)c3)NC(N)c3ncccc32)cc1F. The lowest BCUT2D eigenvalue weighted by atomic mass is 9.77. The fourth-order valence-corrected chi connectivity index (χ4v) is 4.59. The summed E-state index contributed by atoms with van der Waals surface area (Å²) < 4.78 is 20.3. The molecule has 5 rings (SSSR count). The summed E-state index contributed by atoms with van der Waals surface area (Å²) in [5.41, 5.74) is 11.3. The Bertz CT molecular complexity index is 1270. The van der Waals surface area contributed by atoms with Gasteiger partial charge < -0.3 is 10.5 Å². The molecule has 3 heterocycles. The molecular formula is C25H22FN5O. The third-order valence-corrected chi connectivity index (χ3v) is 5.97. The predicted molar refractivity (Wildman–Crippen MR) is 119 cm³/mol. The molecule has 3 N–H and O–H groups in total. The van der Waals surface area contributed by atoms with Crippen molar-refractivity contribution in [3.63, 3.8) is 0 Å². The van der Waals surface area contributed by atoms with Crippen LogP contribution in [0.15, 0.2) is 73.4 Å². The molecule has 0 aliphatic carbocycles. The Morgan fingerprint density at radius 1 is 1.03 bits per heavy atom. The van der Waals surface area contributed by atoms with Crippen LogP contribution in [0.2, 0.25) is 0 Å². The van der Waals surface area contributed by atoms with E-state index >= 15 is 4.39 Å². The monoisotopic (exact) mass is 427 g/mol. The number of methoxy groups -OCH3 is 1. The molecule has 7 heteroatoms. The van der Waals surface area contributed by atoms with E-state index in [4.69, 9.17) is 10.5 Å². The highest BCUT2D eigenvalue weighted by Crippen LogP contribution is 2.46. The normalized spacial score (nSPS) is 19.6. The van der Waals surface area contributed by atoms with E-state index in [1.165, 1.54) is 19.5 Å². The molecule has 0 spiro atoms. The van der Waals surface area contributed by atoms with Gasteiger partial charge in [-0.2, -0.15) is 0 Å². The lowest BCUT2D eigenvalue weighted by molar-refractivity contribution is 0.380. The van der Waals surface area contributed by atoms with Crippen LogP contribution in [0.3, 0.4) is 0 Å². The van der Waals surface area contributed by atoms with Gasteiger partial charge in [0.1, 0.15) is 12.5 Å². The van der Waals surface area contributed by atoms with Gasteiger partial charge in [-0.1, -0.05) is 24.3 Å². The third-order valence-electron chi connectivity index (χ3n) is 5.97. The minimum absolute atomic E-state index is 0.229. The molecule has 2 unspecified atom stereocenters. The first-order valence-electron chi connectivity index (χ1n) is 10.2. The second kappa shape index (κ2) is 7.78. The molecule has 2 aromatic carbocycles. The van der Waals surface area contributed by atoms with Gasteiger partial charge in [-0.15, -0.1) is 0 Å². The summed E-state index contributed by atoms with van der Waals surface area (Å²) in [6.07, 6.45) is 6.23. The minimum Gasteiger partial charge on any atom is -0.493 e. The summed E-state index contributed by atoms with van der Waals surface area (Å²) >= 11 is 0. The number of fused-ring (bicyclic) bond motifs is 1. The molecule has 2 aromatic heterocycles. The van der Waals surface area contributed by atoms with Crippen LogP contribution in [0.4, 0.5) is 4.39 Å². The van der Waals surface area contributed by atoms with Crippen LogP contribution in [0.1, 0.15) is 34.1 Å². The standard InChI is InChI=1S/C25H22FN5O/c1-15-9-19(11-21(26)23(15)32-2)25(20-7-4-8-30-22(20)24(27)31-25)18-6-3-5-16(10-18)17-12-28-14-29-13-17/h3-14,24,31H,27H2,1-2H3. The van der Waals surface area contributed by atoms with Crippen LogP contribution in [0.5, 0.6) is 5.75 Å². The van der Waals surface area contributed by atoms with Gasteiger partial charge in [-0.3, -0.25) is 10.3 Å². The average molecular weight is 427 g/mol. The Balaban J connectivity index is 1.79. The van der Waals surface area contributed by atoms with E-state index in [2.05, 4.69) is 26.3 Å². The molecule has 1 aliphatic rings. The number of hydrogen-bond acceptors (Lipinski definition) is 6. The number of nitrogens with zero attached hydrogens (tertiary/aromatic N) is 3. The topological polar surface area (TPSA) is 86.0 Å². The zero-order valence-electron chi connectivity index (χ0n) is 17.7. The van der Waals surface area contributed by atoms with Gasteiger partial charge in [0.05, 0.1) is 18.3 Å². The van der Waals surface area contributed by atoms with Crippen LogP contribution >= 0.6 is 0 Å². The average Bonchev–Trinajstić information content (AvgIpc) is 3.13. The number of nitrogens with two attached hydrogens (primary N) is 1. The quantitative estimate of drug-likeness (QED) is 0.515. The lowest BCUT2D eigenvalue weighted by Gasteiger charge is -2.33. The van der Waals surface area contributed by atoms with Crippen molar-refractivity contribution in [2.45, 2.75) is 18.6 Å². The second-order valence-electron chi connectivity index (χ2n) is 7.82. The van der Waals surface area contributed by atoms with E-state index in [1.54, 1.807) is 18.6 Å². The minimum atomic E-state index is -0.896. The van der Waals surface area contributed by atoms with Gasteiger partial charge in [0.2, 0.25) is 0 Å². The first kappa shape index (κ1) is 20.2. The van der Waals surface area contributed by atoms with Crippen LogP contribution in [-0.4, -0.2) is 22.1 Å². The Kier molecular flexibility index (Phi) is 4.92. The van der Waals surface area contributed by atoms with E-state index in [0.29, 0.717) is 5.56 Å². The fourth-order valence-electron chi connectivity index (χ4n) is 4.59. The van der Waals surface area contributed by atoms with Crippen LogP contribution in [0.25, 0.3) is 11.1 Å². The second-order valence-corrected chi connectivity index (χ2v) is 7.82. The van der Waals surface area contributed by atoms with Crippen molar-refractivity contribution >= 4 is 0 Å². The number of nitrogens with one attached hydrogen (secondary N) is 1. The molecule has 6 nitrogen and oxygen atoms in total. The number of aromatic nitrogens is 3. The van der Waals surface area contributed by atoms with Gasteiger partial charge in [0.15, 0.2) is 11.6 Å². The van der Waals surface area contributed by atoms with Gasteiger partial charge in [-0.25, -0.2) is 14.4 Å². The van der Waals surface area contributed by atoms with Gasteiger partial charge in [0, 0.05) is 29.7 Å². The third kappa shape index (κ3) is 3.05. The van der Waals surface area contributed by atoms with E-state index in [9.17, 15) is 0 Å². The molecule has 2 atom stereocenters. The molecule has 0 saturated carbocycles. The van der Waals surface area contributed by atoms with Gasteiger partial charge >= 0.3 is 0 Å². The highest BCUT2D eigenvalue weighted by molar-refractivity contribution is 5.65. The number of halogens is 1. The van der Waals surface area contributed by atoms with E-state index in [0.717, 1.165) is 33.5 Å². The number of rotatable bonds is 4. The number of pyridine rings is 1. The van der Waals surface area contributed by atoms with E-state index < -0.39 is 17.5 Å². The van der Waals surface area contributed by atoms with Crippen molar-refractivity contribution in [1.82, 2.24) is 20.3 Å². The molecule has 1 aliphatic heterocycles. The fraction of sp³-hybridized carbons (Fsp3) is 0.160. The summed E-state index contributed by atoms with van der Waals surface area (Å²) in [5, 5.41) is 3.51. The van der Waals surface area contributed by atoms with E-state index in [1.807, 2.05) is 43.3 Å². The van der Waals surface area contributed by atoms with Crippen molar-refractivity contribution in [2.75, 3.05) is 7.11 Å². The lowest BCUT2D eigenvalue weighted by Crippen LogP contribution is -2.42. The van der Waals surface area contributed by atoms with E-state index in [-0.39, 0.29) is 5.75 Å². The Morgan fingerprint density at radius 3 is 2.59 bits per heavy atom. The zero-order chi connectivity index (χ0) is 22.3. The summed E-state index contributed by atoms with van der Waals surface area (Å²) in [6.45, 7) is 1.83. The summed E-state index contributed by atoms with van der Waals surface area (Å²) in [7, 11) is 1.47. The maximum absolute atomic E-state index is 15.1. The van der Waals surface area contributed by atoms with Gasteiger partial charge in [-0.05, 0) is 53.4 Å². The smallest absolute Gasteiger partial charge is 0.165 e. The van der Waals surface area contributed by atoms with Crippen LogP contribution in [0, 0.1) is 12.7 Å². The maximum Gasteiger partial charge on any atom is 0.165 e. The van der Waals surface area contributed by atoms with Crippen molar-refractivity contribution in [3.8, 4) is 16.9 Å². The highest BCUT2D eigenvalue weighted by atomic mass is 19.1. The molecule has 160 valence electrons. The number of ether oxygens (including phenoxy) is 1. The first-order valence-corrected chi connectivity index (χ1v) is 10.2. The molecule has 0 saturated heterocycles. The first-order chi connectivity index (χ1) is 15.5. The molecule has 32 heavy (non-hydrogen) atoms. The Labute approximate surface area is 185 Å². The summed E-state index contributed by atoms with van der Waals surface area (Å²) in [5.74, 6) is -0.199. The Hall–Kier alpha value is -3.68. The molecule has 0 fully saturated rings. The van der Waals surface area contributed by atoms with Crippen LogP contribution in [-0.2, 0) is 5.54 Å². The van der Waals surface area contributed by atoms with Gasteiger partial charge in [0.25, 0.3) is 0 Å². The van der Waals surface area contributed by atoms with Crippen molar-refractivity contribution in [1.29, 1.82) is 0 Å². The molecular weight excluding hydrogens is 405 g/mol.